The Morgan fingerprint density at radius 3 is 2.61 bits per heavy atom. The first-order chi connectivity index (χ1) is 8.75. The van der Waals surface area contributed by atoms with Crippen LogP contribution in [0.3, 0.4) is 0 Å². The van der Waals surface area contributed by atoms with Gasteiger partial charge in [-0.2, -0.15) is 0 Å². The van der Waals surface area contributed by atoms with Crippen LogP contribution >= 0.6 is 0 Å². The van der Waals surface area contributed by atoms with E-state index in [1.807, 2.05) is 18.2 Å². The highest BCUT2D eigenvalue weighted by Crippen LogP contribution is 2.07. The molecule has 0 saturated carbocycles. The Morgan fingerprint density at radius 2 is 1.89 bits per heavy atom. The SMILES string of the molecule is O=C1CCN(CCCCc2ccccc2)C(=O)N1. The Balaban J connectivity index is 1.67. The van der Waals surface area contributed by atoms with Crippen LogP contribution in [0.25, 0.3) is 0 Å². The van der Waals surface area contributed by atoms with E-state index in [0.29, 0.717) is 13.0 Å². The molecule has 96 valence electrons. The second-order valence-electron chi connectivity index (χ2n) is 4.53. The highest BCUT2D eigenvalue weighted by molar-refractivity contribution is 5.96. The first-order valence-electron chi connectivity index (χ1n) is 6.38. The molecule has 1 aromatic carbocycles. The zero-order valence-electron chi connectivity index (χ0n) is 10.4. The molecule has 18 heavy (non-hydrogen) atoms. The Kier molecular flexibility index (Phi) is 4.34. The number of nitrogens with zero attached hydrogens (tertiary/aromatic N) is 1. The van der Waals surface area contributed by atoms with E-state index < -0.39 is 0 Å². The maximum Gasteiger partial charge on any atom is 0.324 e. The van der Waals surface area contributed by atoms with Gasteiger partial charge in [-0.05, 0) is 24.8 Å². The van der Waals surface area contributed by atoms with E-state index in [9.17, 15) is 9.59 Å². The Hall–Kier alpha value is -1.84. The summed E-state index contributed by atoms with van der Waals surface area (Å²) in [5.74, 6) is -0.166. The van der Waals surface area contributed by atoms with Gasteiger partial charge in [-0.1, -0.05) is 30.3 Å². The second kappa shape index (κ2) is 6.19. The van der Waals surface area contributed by atoms with Crippen LogP contribution in [0.2, 0.25) is 0 Å². The van der Waals surface area contributed by atoms with Gasteiger partial charge in [-0.3, -0.25) is 10.1 Å². The summed E-state index contributed by atoms with van der Waals surface area (Å²) >= 11 is 0. The van der Waals surface area contributed by atoms with Crippen LogP contribution in [0.5, 0.6) is 0 Å². The van der Waals surface area contributed by atoms with Crippen LogP contribution in [-0.2, 0) is 11.2 Å². The van der Waals surface area contributed by atoms with Crippen LogP contribution in [-0.4, -0.2) is 29.9 Å². The average molecular weight is 246 g/mol. The highest BCUT2D eigenvalue weighted by Gasteiger charge is 2.21. The molecule has 1 N–H and O–H groups in total. The van der Waals surface area contributed by atoms with Gasteiger partial charge in [0, 0.05) is 19.5 Å². The van der Waals surface area contributed by atoms with Crippen molar-refractivity contribution < 1.29 is 9.59 Å². The summed E-state index contributed by atoms with van der Waals surface area (Å²) in [7, 11) is 0. The van der Waals surface area contributed by atoms with E-state index in [0.717, 1.165) is 25.8 Å². The van der Waals surface area contributed by atoms with Gasteiger partial charge in [0.1, 0.15) is 0 Å². The van der Waals surface area contributed by atoms with Gasteiger partial charge < -0.3 is 4.90 Å². The van der Waals surface area contributed by atoms with Gasteiger partial charge >= 0.3 is 6.03 Å². The predicted octanol–water partition coefficient (Wildman–Crippen LogP) is 1.95. The van der Waals surface area contributed by atoms with Gasteiger partial charge in [0.15, 0.2) is 0 Å². The third-order valence-corrected chi connectivity index (χ3v) is 3.13. The smallest absolute Gasteiger partial charge is 0.324 e. The van der Waals surface area contributed by atoms with Crippen LogP contribution < -0.4 is 5.32 Å². The molecule has 4 nitrogen and oxygen atoms in total. The summed E-state index contributed by atoms with van der Waals surface area (Å²) in [6.07, 6.45) is 3.48. The number of benzene rings is 1. The van der Waals surface area contributed by atoms with Gasteiger partial charge in [0.2, 0.25) is 5.91 Å². The highest BCUT2D eigenvalue weighted by atomic mass is 16.2. The molecule has 2 rings (SSSR count). The van der Waals surface area contributed by atoms with Crippen molar-refractivity contribution in [3.05, 3.63) is 35.9 Å². The lowest BCUT2D eigenvalue weighted by atomic mass is 10.1. The molecular formula is C14H18N2O2. The van der Waals surface area contributed by atoms with E-state index >= 15 is 0 Å². The molecule has 0 spiro atoms. The van der Waals surface area contributed by atoms with Crippen molar-refractivity contribution >= 4 is 11.9 Å². The van der Waals surface area contributed by atoms with E-state index in [2.05, 4.69) is 17.4 Å². The number of nitrogens with one attached hydrogen (secondary N) is 1. The molecule has 1 saturated heterocycles. The minimum absolute atomic E-state index is 0.166. The van der Waals surface area contributed by atoms with Crippen LogP contribution in [0.1, 0.15) is 24.8 Å². The zero-order chi connectivity index (χ0) is 12.8. The number of carbonyl (C=O) groups excluding carboxylic acids is 2. The van der Waals surface area contributed by atoms with Crippen molar-refractivity contribution in [2.45, 2.75) is 25.7 Å². The van der Waals surface area contributed by atoms with Crippen LogP contribution in [0.15, 0.2) is 30.3 Å². The quantitative estimate of drug-likeness (QED) is 0.807. The average Bonchev–Trinajstić information content (AvgIpc) is 2.38. The zero-order valence-corrected chi connectivity index (χ0v) is 10.4. The molecule has 4 heteroatoms. The van der Waals surface area contributed by atoms with Crippen LogP contribution in [0, 0.1) is 0 Å². The lowest BCUT2D eigenvalue weighted by molar-refractivity contribution is -0.121. The number of hydrogen-bond donors (Lipinski definition) is 1. The first kappa shape index (κ1) is 12.6. The summed E-state index contributed by atoms with van der Waals surface area (Å²) in [6.45, 7) is 1.28. The molecule has 1 aliphatic rings. The molecule has 0 bridgehead atoms. The molecule has 0 aromatic heterocycles. The van der Waals surface area contributed by atoms with Crippen LogP contribution in [0.4, 0.5) is 4.79 Å². The molecule has 0 unspecified atom stereocenters. The number of unbranched alkanes of at least 4 members (excludes halogenated alkanes) is 1. The van der Waals surface area contributed by atoms with Gasteiger partial charge in [-0.25, -0.2) is 4.79 Å². The Bertz CT molecular complexity index is 417. The summed E-state index contributed by atoms with van der Waals surface area (Å²) < 4.78 is 0. The topological polar surface area (TPSA) is 49.4 Å². The summed E-state index contributed by atoms with van der Waals surface area (Å²) in [5.41, 5.74) is 1.33. The molecular weight excluding hydrogens is 228 g/mol. The molecule has 0 atom stereocenters. The summed E-state index contributed by atoms with van der Waals surface area (Å²) in [6, 6.07) is 10.1. The summed E-state index contributed by atoms with van der Waals surface area (Å²) in [4.78, 5) is 24.2. The number of urea groups is 1. The third kappa shape index (κ3) is 3.58. The van der Waals surface area contributed by atoms with Crippen molar-refractivity contribution in [2.24, 2.45) is 0 Å². The Morgan fingerprint density at radius 1 is 1.11 bits per heavy atom. The third-order valence-electron chi connectivity index (χ3n) is 3.13. The van der Waals surface area contributed by atoms with E-state index in [1.54, 1.807) is 4.90 Å². The van der Waals surface area contributed by atoms with Crippen molar-refractivity contribution in [2.75, 3.05) is 13.1 Å². The molecule has 1 aromatic rings. The van der Waals surface area contributed by atoms with E-state index in [-0.39, 0.29) is 11.9 Å². The van der Waals surface area contributed by atoms with Gasteiger partial charge in [0.25, 0.3) is 0 Å². The molecule has 0 radical (unpaired) electrons. The minimum atomic E-state index is -0.244. The van der Waals surface area contributed by atoms with Crippen molar-refractivity contribution in [3.63, 3.8) is 0 Å². The summed E-state index contributed by atoms with van der Waals surface area (Å²) in [5, 5.41) is 2.34. The van der Waals surface area contributed by atoms with Crippen molar-refractivity contribution in [1.82, 2.24) is 10.2 Å². The lowest BCUT2D eigenvalue weighted by Crippen LogP contribution is -2.49. The van der Waals surface area contributed by atoms with Gasteiger partial charge in [-0.15, -0.1) is 0 Å². The van der Waals surface area contributed by atoms with Crippen molar-refractivity contribution in [3.8, 4) is 0 Å². The monoisotopic (exact) mass is 246 g/mol. The number of carbonyl (C=O) groups is 2. The molecule has 1 aliphatic heterocycles. The fourth-order valence-electron chi connectivity index (χ4n) is 2.09. The fraction of sp³-hybridized carbons (Fsp3) is 0.429. The number of amides is 3. The fourth-order valence-corrected chi connectivity index (χ4v) is 2.09. The first-order valence-corrected chi connectivity index (χ1v) is 6.38. The van der Waals surface area contributed by atoms with E-state index in [1.165, 1.54) is 5.56 Å². The standard InChI is InChI=1S/C14H18N2O2/c17-13-9-11-16(14(18)15-13)10-5-4-8-12-6-2-1-3-7-12/h1-3,6-7H,4-5,8-11H2,(H,15,17,18). The molecule has 0 aliphatic carbocycles. The molecule has 1 heterocycles. The van der Waals surface area contributed by atoms with Crippen molar-refractivity contribution in [1.29, 1.82) is 0 Å². The minimum Gasteiger partial charge on any atom is -0.324 e. The number of aryl methyl sites for hydroxylation is 1. The number of rotatable bonds is 5. The molecule has 1 fully saturated rings. The largest absolute Gasteiger partial charge is 0.324 e. The molecule has 3 amide bonds. The van der Waals surface area contributed by atoms with Gasteiger partial charge in [0.05, 0.1) is 0 Å². The van der Waals surface area contributed by atoms with E-state index in [4.69, 9.17) is 0 Å². The predicted molar refractivity (Wildman–Crippen MR) is 69.1 cm³/mol. The second-order valence-corrected chi connectivity index (χ2v) is 4.53. The number of imide groups is 1. The maximum atomic E-state index is 11.5. The lowest BCUT2D eigenvalue weighted by Gasteiger charge is -2.26. The Labute approximate surface area is 107 Å². The maximum absolute atomic E-state index is 11.5. The number of hydrogen-bond acceptors (Lipinski definition) is 2. The normalized spacial score (nSPS) is 15.7.